The second-order valence-corrected chi connectivity index (χ2v) is 8.02. The van der Waals surface area contributed by atoms with Crippen molar-refractivity contribution < 1.29 is 22.4 Å². The van der Waals surface area contributed by atoms with E-state index >= 15 is 0 Å². The predicted molar refractivity (Wildman–Crippen MR) is 121 cm³/mol. The van der Waals surface area contributed by atoms with Crippen LogP contribution in [0.15, 0.2) is 42.5 Å². The summed E-state index contributed by atoms with van der Waals surface area (Å²) in [5.41, 5.74) is 0.470. The molecule has 0 saturated heterocycles. The van der Waals surface area contributed by atoms with Crippen LogP contribution in [0.1, 0.15) is 75.8 Å². The molecule has 0 heterocycles. The molecule has 0 radical (unpaired) electrons. The van der Waals surface area contributed by atoms with Gasteiger partial charge in [-0.25, -0.2) is 4.39 Å². The van der Waals surface area contributed by atoms with Gasteiger partial charge in [-0.2, -0.15) is 13.2 Å². The molecule has 0 fully saturated rings. The van der Waals surface area contributed by atoms with E-state index in [0.29, 0.717) is 17.7 Å². The van der Waals surface area contributed by atoms with Crippen molar-refractivity contribution in [2.45, 2.75) is 77.4 Å². The Morgan fingerprint density at radius 3 is 2.09 bits per heavy atom. The number of nitrogens with one attached hydrogen (secondary N) is 2. The third-order valence-electron chi connectivity index (χ3n) is 5.27. The van der Waals surface area contributed by atoms with Crippen LogP contribution in [0.25, 0.3) is 0 Å². The molecule has 0 bridgehead atoms. The van der Waals surface area contributed by atoms with Gasteiger partial charge in [0.25, 0.3) is 0 Å². The van der Waals surface area contributed by atoms with Crippen molar-refractivity contribution in [2.75, 3.05) is 10.6 Å². The van der Waals surface area contributed by atoms with Crippen molar-refractivity contribution in [2.24, 2.45) is 0 Å². The highest BCUT2D eigenvalue weighted by Crippen LogP contribution is 2.29. The Kier molecular flexibility index (Phi) is 10.5. The van der Waals surface area contributed by atoms with Gasteiger partial charge in [-0.3, -0.25) is 4.79 Å². The normalized spacial score (nSPS) is 11.4. The maximum Gasteiger partial charge on any atom is 0.416 e. The second kappa shape index (κ2) is 13.1. The zero-order valence-electron chi connectivity index (χ0n) is 18.5. The number of hydrogen-bond acceptors (Lipinski definition) is 2. The van der Waals surface area contributed by atoms with Crippen LogP contribution in [-0.4, -0.2) is 5.91 Å². The first kappa shape index (κ1) is 25.7. The van der Waals surface area contributed by atoms with E-state index in [-0.39, 0.29) is 18.1 Å². The van der Waals surface area contributed by atoms with Crippen LogP contribution in [0.5, 0.6) is 0 Å². The Balaban J connectivity index is 1.72. The molecule has 0 aromatic heterocycles. The molecule has 0 aliphatic carbocycles. The van der Waals surface area contributed by atoms with Crippen LogP contribution in [0.3, 0.4) is 0 Å². The third-order valence-corrected chi connectivity index (χ3v) is 5.27. The van der Waals surface area contributed by atoms with Crippen molar-refractivity contribution in [1.29, 1.82) is 0 Å². The molecule has 0 aliphatic rings. The number of unbranched alkanes of at least 4 members (excludes halogenated alkanes) is 7. The molecule has 0 saturated carbocycles. The smallest absolute Gasteiger partial charge is 0.379 e. The van der Waals surface area contributed by atoms with Crippen molar-refractivity contribution in [3.05, 3.63) is 59.4 Å². The minimum Gasteiger partial charge on any atom is -0.379 e. The molecule has 2 N–H and O–H groups in total. The Morgan fingerprint density at radius 2 is 1.50 bits per heavy atom. The van der Waals surface area contributed by atoms with Gasteiger partial charge in [0.15, 0.2) is 0 Å². The van der Waals surface area contributed by atoms with Crippen LogP contribution < -0.4 is 10.6 Å². The summed E-state index contributed by atoms with van der Waals surface area (Å²) >= 11 is 0. The summed E-state index contributed by atoms with van der Waals surface area (Å²) in [5, 5.41) is 5.58. The molecule has 32 heavy (non-hydrogen) atoms. The zero-order valence-corrected chi connectivity index (χ0v) is 18.5. The lowest BCUT2D eigenvalue weighted by Gasteiger charge is -2.11. The van der Waals surface area contributed by atoms with E-state index < -0.39 is 17.6 Å². The minimum atomic E-state index is -4.38. The molecule has 1 amide bonds. The molecular weight excluding hydrogens is 420 g/mol. The highest BCUT2D eigenvalue weighted by molar-refractivity contribution is 5.90. The van der Waals surface area contributed by atoms with Gasteiger partial charge in [-0.15, -0.1) is 0 Å². The minimum absolute atomic E-state index is 0.138. The van der Waals surface area contributed by atoms with E-state index in [2.05, 4.69) is 17.6 Å². The molecule has 0 spiro atoms. The largest absolute Gasteiger partial charge is 0.416 e. The van der Waals surface area contributed by atoms with Crippen molar-refractivity contribution in [3.63, 3.8) is 0 Å². The number of alkyl halides is 3. The average Bonchev–Trinajstić information content (AvgIpc) is 2.75. The van der Waals surface area contributed by atoms with Crippen LogP contribution in [0, 0.1) is 5.82 Å². The number of halogens is 4. The number of carbonyl (C=O) groups excluding carboxylic acids is 1. The number of rotatable bonds is 13. The topological polar surface area (TPSA) is 41.1 Å². The lowest BCUT2D eigenvalue weighted by atomic mass is 10.1. The van der Waals surface area contributed by atoms with Gasteiger partial charge < -0.3 is 10.6 Å². The summed E-state index contributed by atoms with van der Waals surface area (Å²) < 4.78 is 52.2. The Hall–Kier alpha value is -2.57. The Labute approximate surface area is 187 Å². The van der Waals surface area contributed by atoms with Crippen molar-refractivity contribution in [3.8, 4) is 0 Å². The van der Waals surface area contributed by atoms with E-state index in [0.717, 1.165) is 31.4 Å². The molecule has 7 heteroatoms. The van der Waals surface area contributed by atoms with E-state index in [1.165, 1.54) is 56.4 Å². The molecule has 0 aliphatic heterocycles. The summed E-state index contributed by atoms with van der Waals surface area (Å²) in [7, 11) is 0. The molecule has 2 aromatic carbocycles. The highest BCUT2D eigenvalue weighted by atomic mass is 19.4. The van der Waals surface area contributed by atoms with E-state index in [1.54, 1.807) is 6.07 Å². The monoisotopic (exact) mass is 452 g/mol. The summed E-state index contributed by atoms with van der Waals surface area (Å²) in [6.07, 6.45) is 5.22. The maximum atomic E-state index is 14.3. The van der Waals surface area contributed by atoms with Gasteiger partial charge in [0.2, 0.25) is 5.91 Å². The molecule has 0 unspecified atom stereocenters. The van der Waals surface area contributed by atoms with E-state index in [1.807, 2.05) is 0 Å². The quantitative estimate of drug-likeness (QED) is 0.239. The first-order valence-electron chi connectivity index (χ1n) is 11.3. The average molecular weight is 453 g/mol. The van der Waals surface area contributed by atoms with Crippen LogP contribution in [0.2, 0.25) is 0 Å². The van der Waals surface area contributed by atoms with Gasteiger partial charge in [-0.1, -0.05) is 64.0 Å². The predicted octanol–water partition coefficient (Wildman–Crippen LogP) is 7.93. The van der Waals surface area contributed by atoms with Gasteiger partial charge in [0.05, 0.1) is 11.3 Å². The van der Waals surface area contributed by atoms with E-state index in [9.17, 15) is 22.4 Å². The first-order valence-corrected chi connectivity index (χ1v) is 11.3. The Morgan fingerprint density at radius 1 is 0.875 bits per heavy atom. The summed E-state index contributed by atoms with van der Waals surface area (Å²) in [5.74, 6) is -0.678. The zero-order chi connectivity index (χ0) is 23.4. The van der Waals surface area contributed by atoms with Crippen molar-refractivity contribution in [1.82, 2.24) is 0 Å². The lowest BCUT2D eigenvalue weighted by Crippen LogP contribution is -2.11. The Bertz CT molecular complexity index is 835. The highest BCUT2D eigenvalue weighted by Gasteiger charge is 2.29. The number of carbonyl (C=O) groups is 1. The van der Waals surface area contributed by atoms with Gasteiger partial charge >= 0.3 is 6.18 Å². The van der Waals surface area contributed by atoms with Gasteiger partial charge in [-0.05, 0) is 42.3 Å². The fourth-order valence-electron chi connectivity index (χ4n) is 3.39. The van der Waals surface area contributed by atoms with Crippen molar-refractivity contribution >= 4 is 17.3 Å². The van der Waals surface area contributed by atoms with Crippen LogP contribution >= 0.6 is 0 Å². The summed E-state index contributed by atoms with van der Waals surface area (Å²) in [4.78, 5) is 12.1. The van der Waals surface area contributed by atoms with E-state index in [4.69, 9.17) is 0 Å². The molecule has 2 aromatic rings. The fraction of sp³-hybridized carbons (Fsp3) is 0.480. The molecule has 2 rings (SSSR count). The SMILES string of the molecule is CCCCCCCCCCC(=O)Nc1ccc(NCc2ccc(C(F)(F)F)cc2)c(F)c1. The number of hydrogen-bond donors (Lipinski definition) is 2. The molecule has 0 atom stereocenters. The number of anilines is 2. The first-order chi connectivity index (χ1) is 15.3. The molecule has 176 valence electrons. The molecular formula is C25H32F4N2O. The summed E-state index contributed by atoms with van der Waals surface area (Å²) in [6, 6.07) is 9.05. The number of benzene rings is 2. The van der Waals surface area contributed by atoms with Gasteiger partial charge in [0.1, 0.15) is 5.82 Å². The summed E-state index contributed by atoms with van der Waals surface area (Å²) in [6.45, 7) is 2.37. The fourth-order valence-corrected chi connectivity index (χ4v) is 3.39. The van der Waals surface area contributed by atoms with Crippen LogP contribution in [-0.2, 0) is 17.5 Å². The third kappa shape index (κ3) is 9.28. The number of amides is 1. The molecule has 3 nitrogen and oxygen atoms in total. The standard InChI is InChI=1S/C25H32F4N2O/c1-2-3-4-5-6-7-8-9-10-24(32)31-21-15-16-23(22(26)17-21)30-18-19-11-13-20(14-12-19)25(27,28)29/h11-17,30H,2-10,18H2,1H3,(H,31,32). The second-order valence-electron chi connectivity index (χ2n) is 8.02. The van der Waals surface area contributed by atoms with Crippen LogP contribution in [0.4, 0.5) is 28.9 Å². The maximum absolute atomic E-state index is 14.3. The van der Waals surface area contributed by atoms with Gasteiger partial charge in [0, 0.05) is 18.7 Å². The lowest BCUT2D eigenvalue weighted by molar-refractivity contribution is -0.137.